The van der Waals surface area contributed by atoms with Crippen molar-refractivity contribution in [3.63, 3.8) is 0 Å². The van der Waals surface area contributed by atoms with Gasteiger partial charge in [-0.1, -0.05) is 11.6 Å². The number of carbonyl (C=O) groups is 1. The summed E-state index contributed by atoms with van der Waals surface area (Å²) in [4.78, 5) is 15.1. The number of sulfonamides is 1. The van der Waals surface area contributed by atoms with Gasteiger partial charge >= 0.3 is 5.97 Å². The van der Waals surface area contributed by atoms with E-state index in [0.717, 1.165) is 11.3 Å². The number of anilines is 1. The summed E-state index contributed by atoms with van der Waals surface area (Å²) in [6.07, 6.45) is 1.37. The van der Waals surface area contributed by atoms with Crippen molar-refractivity contribution in [2.75, 3.05) is 11.8 Å². The Morgan fingerprint density at radius 1 is 1.45 bits per heavy atom. The van der Waals surface area contributed by atoms with Crippen LogP contribution in [0.3, 0.4) is 0 Å². The van der Waals surface area contributed by atoms with Gasteiger partial charge in [-0.15, -0.1) is 11.3 Å². The summed E-state index contributed by atoms with van der Waals surface area (Å²) >= 11 is 6.68. The van der Waals surface area contributed by atoms with Crippen LogP contribution in [0.15, 0.2) is 34.7 Å². The van der Waals surface area contributed by atoms with E-state index < -0.39 is 16.0 Å². The van der Waals surface area contributed by atoms with Crippen molar-refractivity contribution < 1.29 is 17.9 Å². The van der Waals surface area contributed by atoms with Crippen LogP contribution in [-0.2, 0) is 14.8 Å². The maximum atomic E-state index is 12.2. The summed E-state index contributed by atoms with van der Waals surface area (Å²) < 4.78 is 31.4. The normalized spacial score (nSPS) is 11.1. The fourth-order valence-electron chi connectivity index (χ4n) is 1.43. The predicted molar refractivity (Wildman–Crippen MR) is 75.7 cm³/mol. The molecule has 0 aliphatic heterocycles. The topological polar surface area (TPSA) is 85.4 Å². The summed E-state index contributed by atoms with van der Waals surface area (Å²) in [7, 11) is -2.71. The molecule has 2 aromatic rings. The number of methoxy groups -OCH3 is 1. The van der Waals surface area contributed by atoms with Crippen molar-refractivity contribution in [3.8, 4) is 0 Å². The van der Waals surface area contributed by atoms with Crippen molar-refractivity contribution in [2.24, 2.45) is 0 Å². The van der Waals surface area contributed by atoms with Gasteiger partial charge in [0.15, 0.2) is 0 Å². The van der Waals surface area contributed by atoms with E-state index in [1.165, 1.54) is 36.9 Å². The van der Waals surface area contributed by atoms with E-state index in [4.69, 9.17) is 11.6 Å². The Morgan fingerprint density at radius 2 is 2.20 bits per heavy atom. The standard InChI is InChI=1S/C11H9ClN2O4S2/c1-18-11(15)10-8(3-5-19-10)20(16,17)14-7-2-4-13-9(12)6-7/h2-6H,1H3,(H,13,14). The van der Waals surface area contributed by atoms with Crippen molar-refractivity contribution in [3.05, 3.63) is 39.8 Å². The first-order valence-corrected chi connectivity index (χ1v) is 7.98. The maximum absolute atomic E-state index is 12.2. The minimum Gasteiger partial charge on any atom is -0.465 e. The number of hydrogen-bond acceptors (Lipinski definition) is 6. The highest BCUT2D eigenvalue weighted by Crippen LogP contribution is 2.25. The third kappa shape index (κ3) is 3.09. The summed E-state index contributed by atoms with van der Waals surface area (Å²) in [5.74, 6) is -0.701. The largest absolute Gasteiger partial charge is 0.465 e. The lowest BCUT2D eigenvalue weighted by Gasteiger charge is -2.08. The highest BCUT2D eigenvalue weighted by molar-refractivity contribution is 7.93. The van der Waals surface area contributed by atoms with Gasteiger partial charge in [0.25, 0.3) is 10.0 Å². The molecule has 1 N–H and O–H groups in total. The lowest BCUT2D eigenvalue weighted by Crippen LogP contribution is -2.15. The van der Waals surface area contributed by atoms with Crippen LogP contribution in [0.2, 0.25) is 5.15 Å². The van der Waals surface area contributed by atoms with Crippen molar-refractivity contribution >= 4 is 44.6 Å². The van der Waals surface area contributed by atoms with Crippen LogP contribution in [0.1, 0.15) is 9.67 Å². The molecule has 0 bridgehead atoms. The minimum atomic E-state index is -3.90. The third-order valence-electron chi connectivity index (χ3n) is 2.27. The molecule has 106 valence electrons. The first-order valence-electron chi connectivity index (χ1n) is 5.24. The first kappa shape index (κ1) is 14.8. The molecule has 0 spiro atoms. The number of pyridine rings is 1. The van der Waals surface area contributed by atoms with Gasteiger partial charge in [0.2, 0.25) is 0 Å². The number of esters is 1. The Balaban J connectivity index is 2.36. The summed E-state index contributed by atoms with van der Waals surface area (Å²) in [6, 6.07) is 4.15. The molecule has 0 saturated carbocycles. The number of halogens is 1. The minimum absolute atomic E-state index is 0.0140. The Kier molecular flexibility index (Phi) is 4.26. The van der Waals surface area contributed by atoms with Crippen molar-refractivity contribution in [2.45, 2.75) is 4.90 Å². The zero-order chi connectivity index (χ0) is 14.8. The molecule has 0 radical (unpaired) electrons. The van der Waals surface area contributed by atoms with Crippen LogP contribution in [0.5, 0.6) is 0 Å². The summed E-state index contributed by atoms with van der Waals surface area (Å²) in [5, 5.41) is 1.66. The smallest absolute Gasteiger partial charge is 0.349 e. The third-order valence-corrected chi connectivity index (χ3v) is 4.92. The monoisotopic (exact) mass is 332 g/mol. The average molecular weight is 333 g/mol. The molecule has 0 aromatic carbocycles. The fourth-order valence-corrected chi connectivity index (χ4v) is 3.99. The predicted octanol–water partition coefficient (Wildman–Crippen LogP) is 2.38. The van der Waals surface area contributed by atoms with E-state index >= 15 is 0 Å². The zero-order valence-electron chi connectivity index (χ0n) is 10.2. The molecule has 20 heavy (non-hydrogen) atoms. The Hall–Kier alpha value is -1.64. The van der Waals surface area contributed by atoms with Crippen LogP contribution in [-0.4, -0.2) is 26.5 Å². The molecule has 0 aliphatic rings. The van der Waals surface area contributed by atoms with E-state index in [9.17, 15) is 13.2 Å². The first-order chi connectivity index (χ1) is 9.44. The molecule has 0 aliphatic carbocycles. The second-order valence-corrected chi connectivity index (χ2v) is 6.53. The van der Waals surface area contributed by atoms with Gasteiger partial charge in [-0.05, 0) is 23.6 Å². The van der Waals surface area contributed by atoms with Gasteiger partial charge in [0.1, 0.15) is 14.9 Å². The van der Waals surface area contributed by atoms with Crippen LogP contribution >= 0.6 is 22.9 Å². The molecule has 6 nitrogen and oxygen atoms in total. The Morgan fingerprint density at radius 3 is 2.85 bits per heavy atom. The fraction of sp³-hybridized carbons (Fsp3) is 0.0909. The van der Waals surface area contributed by atoms with E-state index in [1.54, 1.807) is 0 Å². The number of nitrogens with one attached hydrogen (secondary N) is 1. The van der Waals surface area contributed by atoms with Crippen LogP contribution in [0.25, 0.3) is 0 Å². The van der Waals surface area contributed by atoms with Gasteiger partial charge in [0.05, 0.1) is 12.8 Å². The molecular formula is C11H9ClN2O4S2. The van der Waals surface area contributed by atoms with E-state index in [2.05, 4.69) is 14.4 Å². The number of ether oxygens (including phenoxy) is 1. The highest BCUT2D eigenvalue weighted by Gasteiger charge is 2.24. The second-order valence-electron chi connectivity index (χ2n) is 3.58. The van der Waals surface area contributed by atoms with Crippen LogP contribution in [0, 0.1) is 0 Å². The number of nitrogens with zero attached hydrogens (tertiary/aromatic N) is 1. The number of aromatic nitrogens is 1. The second kappa shape index (κ2) is 5.78. The zero-order valence-corrected chi connectivity index (χ0v) is 12.6. The molecule has 2 heterocycles. The van der Waals surface area contributed by atoms with Crippen molar-refractivity contribution in [1.82, 2.24) is 4.98 Å². The molecular weight excluding hydrogens is 324 g/mol. The number of carbonyl (C=O) groups excluding carboxylic acids is 1. The molecule has 2 rings (SSSR count). The van der Waals surface area contributed by atoms with Crippen molar-refractivity contribution in [1.29, 1.82) is 0 Å². The number of rotatable bonds is 4. The maximum Gasteiger partial charge on any atom is 0.349 e. The van der Waals surface area contributed by atoms with Crippen LogP contribution in [0.4, 0.5) is 5.69 Å². The molecule has 0 saturated heterocycles. The number of hydrogen-bond donors (Lipinski definition) is 1. The molecule has 0 fully saturated rings. The van der Waals surface area contributed by atoms with Gasteiger partial charge in [-0.25, -0.2) is 18.2 Å². The van der Waals surface area contributed by atoms with Gasteiger partial charge in [0, 0.05) is 6.20 Å². The summed E-state index contributed by atoms with van der Waals surface area (Å²) in [5.41, 5.74) is 0.256. The van der Waals surface area contributed by atoms with Gasteiger partial charge in [-0.2, -0.15) is 0 Å². The summed E-state index contributed by atoms with van der Waals surface area (Å²) in [6.45, 7) is 0. The average Bonchev–Trinajstić information content (AvgIpc) is 2.87. The molecule has 0 amide bonds. The lowest BCUT2D eigenvalue weighted by molar-refractivity contribution is 0.0602. The Labute approximate surface area is 124 Å². The molecule has 0 atom stereocenters. The van der Waals surface area contributed by atoms with Crippen LogP contribution < -0.4 is 4.72 Å². The molecule has 9 heteroatoms. The quantitative estimate of drug-likeness (QED) is 0.686. The van der Waals surface area contributed by atoms with Gasteiger partial charge < -0.3 is 4.74 Å². The van der Waals surface area contributed by atoms with E-state index in [0.29, 0.717) is 0 Å². The highest BCUT2D eigenvalue weighted by atomic mass is 35.5. The van der Waals surface area contributed by atoms with E-state index in [-0.39, 0.29) is 20.6 Å². The lowest BCUT2D eigenvalue weighted by atomic mass is 10.4. The van der Waals surface area contributed by atoms with Gasteiger partial charge in [-0.3, -0.25) is 4.72 Å². The molecule has 2 aromatic heterocycles. The SMILES string of the molecule is COC(=O)c1sccc1S(=O)(=O)Nc1ccnc(Cl)c1. The number of thiophene rings is 1. The molecule has 0 unspecified atom stereocenters. The Bertz CT molecular complexity index is 742. The van der Waals surface area contributed by atoms with E-state index in [1.807, 2.05) is 0 Å².